The molecule has 0 aliphatic carbocycles. The lowest BCUT2D eigenvalue weighted by atomic mass is 10.1. The fraction of sp³-hybridized carbons (Fsp3) is 0.231. The van der Waals surface area contributed by atoms with Gasteiger partial charge in [0.15, 0.2) is 11.8 Å². The summed E-state index contributed by atoms with van der Waals surface area (Å²) in [6, 6.07) is 16.6. The van der Waals surface area contributed by atoms with E-state index in [9.17, 15) is 14.4 Å². The van der Waals surface area contributed by atoms with Crippen molar-refractivity contribution in [2.75, 3.05) is 17.3 Å². The van der Waals surface area contributed by atoms with Crippen LogP contribution in [0.2, 0.25) is 0 Å². The second-order valence-electron chi connectivity index (χ2n) is 7.98. The Morgan fingerprint density at radius 3 is 2.59 bits per heavy atom. The number of nitrogens with zero attached hydrogens (tertiary/aromatic N) is 2. The summed E-state index contributed by atoms with van der Waals surface area (Å²) >= 11 is 5.74. The molecule has 11 heteroatoms. The first kappa shape index (κ1) is 26.9. The van der Waals surface area contributed by atoms with Crippen LogP contribution in [0.3, 0.4) is 0 Å². The lowest BCUT2D eigenvalue weighted by Gasteiger charge is -2.18. The summed E-state index contributed by atoms with van der Waals surface area (Å²) in [5.74, 6) is -0.251. The summed E-state index contributed by atoms with van der Waals surface area (Å²) in [5.41, 5.74) is 4.56. The number of fused-ring (bicyclic) bond motifs is 1. The van der Waals surface area contributed by atoms with Gasteiger partial charge in [0.05, 0.1) is 15.2 Å². The number of nitrogens with one attached hydrogen (secondary N) is 2. The van der Waals surface area contributed by atoms with Gasteiger partial charge in [-0.25, -0.2) is 4.98 Å². The van der Waals surface area contributed by atoms with Crippen molar-refractivity contribution in [3.8, 4) is 5.75 Å². The zero-order valence-electron chi connectivity index (χ0n) is 20.2. The number of aromatic nitrogens is 2. The molecule has 2 heterocycles. The van der Waals surface area contributed by atoms with Crippen molar-refractivity contribution in [2.45, 2.75) is 37.1 Å². The first-order valence-electron chi connectivity index (χ1n) is 11.6. The van der Waals surface area contributed by atoms with E-state index in [0.717, 1.165) is 22.9 Å². The third-order valence-electron chi connectivity index (χ3n) is 5.42. The first-order valence-corrected chi connectivity index (χ1v) is 14.2. The molecule has 4 rings (SSSR count). The lowest BCUT2D eigenvalue weighted by Crippen LogP contribution is -2.37. The predicted octanol–water partition coefficient (Wildman–Crippen LogP) is 5.44. The monoisotopic (exact) mass is 600 g/mol. The standard InChI is InChI=1S/C26H25BrN4O4S2/c1-3-16-9-11-17(12-10-16)28-24(33)21(4-2)37-26-29-19-13-14-36-23(19)25(34)31(26)30-22(32)15-35-20-8-6-5-7-18(20)27/h5-14,21H,3-4,15H2,1-2H3,(H,28,33)(H,30,32). The van der Waals surface area contributed by atoms with Crippen LogP contribution >= 0.6 is 39.0 Å². The van der Waals surface area contributed by atoms with Crippen LogP contribution in [-0.4, -0.2) is 33.3 Å². The van der Waals surface area contributed by atoms with Gasteiger partial charge in [0.2, 0.25) is 5.91 Å². The molecule has 0 saturated heterocycles. The van der Waals surface area contributed by atoms with Crippen molar-refractivity contribution in [1.82, 2.24) is 9.66 Å². The minimum absolute atomic E-state index is 0.216. The van der Waals surface area contributed by atoms with Gasteiger partial charge in [-0.15, -0.1) is 11.3 Å². The van der Waals surface area contributed by atoms with Crippen LogP contribution in [0.4, 0.5) is 5.69 Å². The highest BCUT2D eigenvalue weighted by atomic mass is 79.9. The summed E-state index contributed by atoms with van der Waals surface area (Å²) in [6.07, 6.45) is 1.40. The zero-order chi connectivity index (χ0) is 26.4. The van der Waals surface area contributed by atoms with E-state index in [1.807, 2.05) is 37.3 Å². The van der Waals surface area contributed by atoms with E-state index in [4.69, 9.17) is 4.74 Å². The van der Waals surface area contributed by atoms with Gasteiger partial charge in [-0.1, -0.05) is 49.9 Å². The molecule has 2 amide bonds. The third-order valence-corrected chi connectivity index (χ3v) is 8.29. The van der Waals surface area contributed by atoms with Crippen LogP contribution in [0.15, 0.2) is 74.4 Å². The highest BCUT2D eigenvalue weighted by molar-refractivity contribution is 9.10. The van der Waals surface area contributed by atoms with Gasteiger partial charge >= 0.3 is 0 Å². The maximum absolute atomic E-state index is 13.2. The number of ether oxygens (including phenoxy) is 1. The maximum atomic E-state index is 13.2. The van der Waals surface area contributed by atoms with Crippen molar-refractivity contribution in [1.29, 1.82) is 0 Å². The first-order chi connectivity index (χ1) is 17.9. The number of hydrogen-bond acceptors (Lipinski definition) is 7. The van der Waals surface area contributed by atoms with Crippen molar-refractivity contribution >= 4 is 66.7 Å². The van der Waals surface area contributed by atoms with E-state index in [1.165, 1.54) is 16.9 Å². The number of thiophene rings is 1. The number of hydrogen-bond donors (Lipinski definition) is 2. The van der Waals surface area contributed by atoms with Gasteiger partial charge < -0.3 is 10.1 Å². The minimum atomic E-state index is -0.548. The normalized spacial score (nSPS) is 11.8. The van der Waals surface area contributed by atoms with E-state index in [2.05, 4.69) is 38.6 Å². The molecule has 1 unspecified atom stereocenters. The molecule has 1 atom stereocenters. The highest BCUT2D eigenvalue weighted by Gasteiger charge is 2.23. The van der Waals surface area contributed by atoms with Crippen LogP contribution in [0.1, 0.15) is 25.8 Å². The van der Waals surface area contributed by atoms with Crippen LogP contribution in [0.5, 0.6) is 5.75 Å². The van der Waals surface area contributed by atoms with Crippen LogP contribution in [0, 0.1) is 0 Å². The molecule has 37 heavy (non-hydrogen) atoms. The number of aryl methyl sites for hydroxylation is 1. The Labute approximate surface area is 230 Å². The Balaban J connectivity index is 1.54. The third kappa shape index (κ3) is 6.60. The Morgan fingerprint density at radius 2 is 1.89 bits per heavy atom. The summed E-state index contributed by atoms with van der Waals surface area (Å²) in [7, 11) is 0. The van der Waals surface area contributed by atoms with Crippen molar-refractivity contribution in [3.63, 3.8) is 0 Å². The fourth-order valence-corrected chi connectivity index (χ4v) is 5.56. The minimum Gasteiger partial charge on any atom is -0.483 e. The van der Waals surface area contributed by atoms with Crippen LogP contribution < -0.4 is 21.0 Å². The van der Waals surface area contributed by atoms with Gasteiger partial charge in [0.1, 0.15) is 10.4 Å². The van der Waals surface area contributed by atoms with Crippen LogP contribution in [0.25, 0.3) is 10.2 Å². The summed E-state index contributed by atoms with van der Waals surface area (Å²) in [4.78, 5) is 43.6. The lowest BCUT2D eigenvalue weighted by molar-refractivity contribution is -0.119. The molecule has 2 N–H and O–H groups in total. The summed E-state index contributed by atoms with van der Waals surface area (Å²) < 4.78 is 7.80. The number of para-hydroxylation sites is 1. The van der Waals surface area contributed by atoms with E-state index < -0.39 is 16.7 Å². The van der Waals surface area contributed by atoms with Gasteiger partial charge in [-0.3, -0.25) is 19.8 Å². The molecule has 0 radical (unpaired) electrons. The quantitative estimate of drug-likeness (QED) is 0.185. The molecule has 2 aromatic heterocycles. The number of carbonyl (C=O) groups excluding carboxylic acids is 2. The van der Waals surface area contributed by atoms with Crippen molar-refractivity contribution < 1.29 is 14.3 Å². The summed E-state index contributed by atoms with van der Waals surface area (Å²) in [6.45, 7) is 3.64. The Bertz CT molecular complexity index is 1470. The van der Waals surface area contributed by atoms with E-state index in [0.29, 0.717) is 32.5 Å². The van der Waals surface area contributed by atoms with E-state index in [1.54, 1.807) is 29.6 Å². The molecule has 0 bridgehead atoms. The molecule has 0 aliphatic rings. The van der Waals surface area contributed by atoms with Gasteiger partial charge in [-0.2, -0.15) is 4.68 Å². The SMILES string of the molecule is CCc1ccc(NC(=O)C(CC)Sc2nc3ccsc3c(=O)n2NC(=O)COc2ccccc2Br)cc1. The molecule has 0 aliphatic heterocycles. The second kappa shape index (κ2) is 12.4. The second-order valence-corrected chi connectivity index (χ2v) is 10.9. The number of anilines is 1. The Hall–Kier alpha value is -3.15. The topological polar surface area (TPSA) is 102 Å². The predicted molar refractivity (Wildman–Crippen MR) is 152 cm³/mol. The summed E-state index contributed by atoms with van der Waals surface area (Å²) in [5, 5.41) is 4.36. The number of benzene rings is 2. The average molecular weight is 602 g/mol. The number of carbonyl (C=O) groups is 2. The van der Waals surface area contributed by atoms with Gasteiger partial charge in [0.25, 0.3) is 11.5 Å². The Kier molecular flexibility index (Phi) is 9.01. The molecule has 0 spiro atoms. The molecule has 4 aromatic rings. The molecule has 192 valence electrons. The smallest absolute Gasteiger partial charge is 0.291 e. The fourth-order valence-electron chi connectivity index (χ4n) is 3.43. The number of thioether (sulfide) groups is 1. The van der Waals surface area contributed by atoms with E-state index >= 15 is 0 Å². The Morgan fingerprint density at radius 1 is 1.14 bits per heavy atom. The zero-order valence-corrected chi connectivity index (χ0v) is 23.4. The highest BCUT2D eigenvalue weighted by Crippen LogP contribution is 2.27. The molecular formula is C26H25BrN4O4S2. The number of halogens is 1. The number of amides is 2. The molecule has 2 aromatic carbocycles. The average Bonchev–Trinajstić information content (AvgIpc) is 3.38. The molecule has 8 nitrogen and oxygen atoms in total. The van der Waals surface area contributed by atoms with Crippen molar-refractivity contribution in [2.24, 2.45) is 0 Å². The molecular weight excluding hydrogens is 576 g/mol. The molecule has 0 fully saturated rings. The van der Waals surface area contributed by atoms with Gasteiger partial charge in [-0.05, 0) is 70.0 Å². The van der Waals surface area contributed by atoms with Crippen molar-refractivity contribution in [3.05, 3.63) is 80.4 Å². The van der Waals surface area contributed by atoms with Crippen LogP contribution in [-0.2, 0) is 16.0 Å². The van der Waals surface area contributed by atoms with Gasteiger partial charge in [0, 0.05) is 5.69 Å². The number of rotatable bonds is 10. The largest absolute Gasteiger partial charge is 0.483 e. The van der Waals surface area contributed by atoms with E-state index in [-0.39, 0.29) is 17.7 Å². The molecule has 0 saturated carbocycles. The maximum Gasteiger partial charge on any atom is 0.291 e.